The lowest BCUT2D eigenvalue weighted by atomic mass is 9.97. The van der Waals surface area contributed by atoms with Gasteiger partial charge in [-0.15, -0.1) is 0 Å². The molecule has 27 heavy (non-hydrogen) atoms. The SMILES string of the molecule is Cc1cc(OCc2ccncc2)ccc1NC(=O)N1CCC[C@H]1C(C)(C)O. The Labute approximate surface area is 160 Å². The van der Waals surface area contributed by atoms with Crippen LogP contribution in [0.15, 0.2) is 42.7 Å². The molecule has 2 N–H and O–H groups in total. The molecular formula is C21H27N3O3. The van der Waals surface area contributed by atoms with E-state index in [1.165, 1.54) is 0 Å². The van der Waals surface area contributed by atoms with Crippen molar-refractivity contribution in [1.82, 2.24) is 9.88 Å². The van der Waals surface area contributed by atoms with E-state index in [9.17, 15) is 9.90 Å². The minimum Gasteiger partial charge on any atom is -0.489 e. The number of carbonyl (C=O) groups excluding carboxylic acids is 1. The van der Waals surface area contributed by atoms with Gasteiger partial charge in [0.15, 0.2) is 0 Å². The molecule has 0 spiro atoms. The Kier molecular flexibility index (Phi) is 5.65. The Morgan fingerprint density at radius 3 is 2.74 bits per heavy atom. The van der Waals surface area contributed by atoms with Gasteiger partial charge in [-0.05, 0) is 75.1 Å². The number of hydrogen-bond donors (Lipinski definition) is 2. The van der Waals surface area contributed by atoms with Crippen LogP contribution < -0.4 is 10.1 Å². The maximum absolute atomic E-state index is 12.7. The summed E-state index contributed by atoms with van der Waals surface area (Å²) in [6, 6.07) is 9.10. The van der Waals surface area contributed by atoms with Crippen molar-refractivity contribution in [2.45, 2.75) is 51.9 Å². The van der Waals surface area contributed by atoms with Gasteiger partial charge in [-0.1, -0.05) is 0 Å². The maximum Gasteiger partial charge on any atom is 0.322 e. The van der Waals surface area contributed by atoms with Crippen LogP contribution in [0, 0.1) is 6.92 Å². The Morgan fingerprint density at radius 1 is 1.33 bits per heavy atom. The predicted molar refractivity (Wildman–Crippen MR) is 105 cm³/mol. The van der Waals surface area contributed by atoms with Gasteiger partial charge in [0.05, 0.1) is 11.6 Å². The highest BCUT2D eigenvalue weighted by Gasteiger charge is 2.38. The molecule has 144 valence electrons. The van der Waals surface area contributed by atoms with Crippen molar-refractivity contribution in [2.24, 2.45) is 0 Å². The molecule has 1 aromatic heterocycles. The summed E-state index contributed by atoms with van der Waals surface area (Å²) in [6.45, 7) is 6.57. The number of nitrogens with zero attached hydrogens (tertiary/aromatic N) is 2. The zero-order chi connectivity index (χ0) is 19.4. The third-order valence-electron chi connectivity index (χ3n) is 4.92. The van der Waals surface area contributed by atoms with Gasteiger partial charge in [0.2, 0.25) is 0 Å². The van der Waals surface area contributed by atoms with E-state index in [2.05, 4.69) is 10.3 Å². The highest BCUT2D eigenvalue weighted by atomic mass is 16.5. The molecule has 2 heterocycles. The number of anilines is 1. The second kappa shape index (κ2) is 7.96. The molecule has 6 heteroatoms. The molecule has 1 aromatic carbocycles. The zero-order valence-electron chi connectivity index (χ0n) is 16.1. The normalized spacial score (nSPS) is 17.0. The third-order valence-corrected chi connectivity index (χ3v) is 4.92. The molecule has 6 nitrogen and oxygen atoms in total. The Morgan fingerprint density at radius 2 is 2.07 bits per heavy atom. The van der Waals surface area contributed by atoms with Gasteiger partial charge >= 0.3 is 6.03 Å². The van der Waals surface area contributed by atoms with E-state index in [1.807, 2.05) is 37.3 Å². The summed E-state index contributed by atoms with van der Waals surface area (Å²) in [5, 5.41) is 13.3. The molecule has 0 radical (unpaired) electrons. The largest absolute Gasteiger partial charge is 0.489 e. The van der Waals surface area contributed by atoms with Crippen molar-refractivity contribution in [3.63, 3.8) is 0 Å². The minimum atomic E-state index is -0.909. The number of pyridine rings is 1. The number of likely N-dealkylation sites (tertiary alicyclic amines) is 1. The van der Waals surface area contributed by atoms with Gasteiger partial charge in [0.1, 0.15) is 12.4 Å². The number of amides is 2. The highest BCUT2D eigenvalue weighted by molar-refractivity contribution is 5.90. The number of benzene rings is 1. The molecule has 2 aromatic rings. The first-order chi connectivity index (χ1) is 12.8. The monoisotopic (exact) mass is 369 g/mol. The summed E-state index contributed by atoms with van der Waals surface area (Å²) >= 11 is 0. The van der Waals surface area contributed by atoms with Crippen LogP contribution in [0.4, 0.5) is 10.5 Å². The van der Waals surface area contributed by atoms with E-state index in [-0.39, 0.29) is 12.1 Å². The van der Waals surface area contributed by atoms with Crippen molar-refractivity contribution in [1.29, 1.82) is 0 Å². The fourth-order valence-electron chi connectivity index (χ4n) is 3.44. The molecule has 2 amide bonds. The summed E-state index contributed by atoms with van der Waals surface area (Å²) in [5.74, 6) is 0.748. The number of urea groups is 1. The lowest BCUT2D eigenvalue weighted by Gasteiger charge is -2.33. The quantitative estimate of drug-likeness (QED) is 0.842. The van der Waals surface area contributed by atoms with E-state index in [4.69, 9.17) is 4.74 Å². The molecule has 0 bridgehead atoms. The van der Waals surface area contributed by atoms with Crippen molar-refractivity contribution >= 4 is 11.7 Å². The average Bonchev–Trinajstić information content (AvgIpc) is 3.13. The number of aromatic nitrogens is 1. The van der Waals surface area contributed by atoms with Gasteiger partial charge in [-0.2, -0.15) is 0 Å². The van der Waals surface area contributed by atoms with E-state index in [0.29, 0.717) is 13.2 Å². The van der Waals surface area contributed by atoms with Gasteiger partial charge in [-0.25, -0.2) is 4.79 Å². The summed E-state index contributed by atoms with van der Waals surface area (Å²) in [7, 11) is 0. The van der Waals surface area contributed by atoms with Crippen molar-refractivity contribution in [3.05, 3.63) is 53.9 Å². The number of rotatable bonds is 5. The van der Waals surface area contributed by atoms with Crippen LogP contribution >= 0.6 is 0 Å². The molecule has 0 unspecified atom stereocenters. The number of nitrogens with one attached hydrogen (secondary N) is 1. The molecule has 0 aliphatic carbocycles. The van der Waals surface area contributed by atoms with Crippen LogP contribution in [-0.2, 0) is 6.61 Å². The second-order valence-electron chi connectivity index (χ2n) is 7.56. The predicted octanol–water partition coefficient (Wildman–Crippen LogP) is 3.74. The fourth-order valence-corrected chi connectivity index (χ4v) is 3.44. The van der Waals surface area contributed by atoms with Crippen molar-refractivity contribution in [2.75, 3.05) is 11.9 Å². The standard InChI is InChI=1S/C21H27N3O3/c1-15-13-17(27-14-16-8-10-22-11-9-16)6-7-18(15)23-20(25)24-12-4-5-19(24)21(2,3)26/h6-11,13,19,26H,4-5,12,14H2,1-3H3,(H,23,25)/t19-/m0/s1. The van der Waals surface area contributed by atoms with Crippen LogP contribution in [0.3, 0.4) is 0 Å². The van der Waals surface area contributed by atoms with Crippen LogP contribution in [0.5, 0.6) is 5.75 Å². The third kappa shape index (κ3) is 4.77. The lowest BCUT2D eigenvalue weighted by molar-refractivity contribution is 0.0117. The Balaban J connectivity index is 1.63. The van der Waals surface area contributed by atoms with Crippen molar-refractivity contribution in [3.8, 4) is 5.75 Å². The van der Waals surface area contributed by atoms with Gasteiger partial charge in [0.25, 0.3) is 0 Å². The van der Waals surface area contributed by atoms with Crippen LogP contribution in [0.25, 0.3) is 0 Å². The summed E-state index contributed by atoms with van der Waals surface area (Å²) in [5.41, 5.74) is 1.81. The van der Waals surface area contributed by atoms with Crippen LogP contribution in [-0.4, -0.2) is 39.2 Å². The number of aryl methyl sites for hydroxylation is 1. The first-order valence-electron chi connectivity index (χ1n) is 9.27. The van der Waals surface area contributed by atoms with E-state index in [0.717, 1.165) is 35.4 Å². The molecule has 3 rings (SSSR count). The van der Waals surface area contributed by atoms with Crippen LogP contribution in [0.2, 0.25) is 0 Å². The van der Waals surface area contributed by atoms with E-state index >= 15 is 0 Å². The van der Waals surface area contributed by atoms with E-state index < -0.39 is 5.60 Å². The minimum absolute atomic E-state index is 0.166. The van der Waals surface area contributed by atoms with Gasteiger partial charge < -0.3 is 20.1 Å². The molecule has 1 atom stereocenters. The zero-order valence-corrected chi connectivity index (χ0v) is 16.1. The number of hydrogen-bond acceptors (Lipinski definition) is 4. The van der Waals surface area contributed by atoms with Gasteiger partial charge in [0, 0.05) is 24.6 Å². The first-order valence-corrected chi connectivity index (χ1v) is 9.27. The van der Waals surface area contributed by atoms with Crippen LogP contribution in [0.1, 0.15) is 37.8 Å². The van der Waals surface area contributed by atoms with Gasteiger partial charge in [-0.3, -0.25) is 4.98 Å². The molecular weight excluding hydrogens is 342 g/mol. The molecule has 1 aliphatic heterocycles. The topological polar surface area (TPSA) is 74.7 Å². The average molecular weight is 369 g/mol. The molecule has 0 saturated carbocycles. The smallest absolute Gasteiger partial charge is 0.322 e. The molecule has 1 saturated heterocycles. The number of carbonyl (C=O) groups is 1. The van der Waals surface area contributed by atoms with Crippen molar-refractivity contribution < 1.29 is 14.6 Å². The highest BCUT2D eigenvalue weighted by Crippen LogP contribution is 2.28. The first kappa shape index (κ1) is 19.2. The molecule has 1 fully saturated rings. The summed E-state index contributed by atoms with van der Waals surface area (Å²) in [4.78, 5) is 18.4. The lowest BCUT2D eigenvalue weighted by Crippen LogP contribution is -2.49. The number of aliphatic hydroxyl groups is 1. The van der Waals surface area contributed by atoms with E-state index in [1.54, 1.807) is 31.1 Å². The number of ether oxygens (including phenoxy) is 1. The fraction of sp³-hybridized carbons (Fsp3) is 0.429. The Bertz CT molecular complexity index is 787. The molecule has 1 aliphatic rings. The summed E-state index contributed by atoms with van der Waals surface area (Å²) in [6.07, 6.45) is 5.20. The maximum atomic E-state index is 12.7. The second-order valence-corrected chi connectivity index (χ2v) is 7.56. The Hall–Kier alpha value is -2.60. The summed E-state index contributed by atoms with van der Waals surface area (Å²) < 4.78 is 5.81.